The van der Waals surface area contributed by atoms with Crippen molar-refractivity contribution in [3.8, 4) is 6.07 Å². The number of imidazole rings is 1. The number of allylic oxidation sites excluding steroid dienone is 1. The second kappa shape index (κ2) is 7.62. The summed E-state index contributed by atoms with van der Waals surface area (Å²) in [5.74, 6) is -0.340. The maximum absolute atomic E-state index is 11.2. The quantitative estimate of drug-likeness (QED) is 0.385. The third-order valence-corrected chi connectivity index (χ3v) is 5.21. The minimum absolute atomic E-state index is 0.265. The van der Waals surface area contributed by atoms with Crippen molar-refractivity contribution in [1.82, 2.24) is 14.5 Å². The Bertz CT molecular complexity index is 1210. The number of benzene rings is 2. The van der Waals surface area contributed by atoms with E-state index in [1.54, 1.807) is 0 Å². The van der Waals surface area contributed by atoms with Crippen LogP contribution >= 0.6 is 11.8 Å². The van der Waals surface area contributed by atoms with E-state index in [9.17, 15) is 10.1 Å². The first-order chi connectivity index (χ1) is 13.6. The molecule has 0 fully saturated rings. The second-order valence-electron chi connectivity index (χ2n) is 6.29. The highest BCUT2D eigenvalue weighted by atomic mass is 32.2. The lowest BCUT2D eigenvalue weighted by Gasteiger charge is -2.02. The number of carbonyl (C=O) groups is 1. The van der Waals surface area contributed by atoms with Gasteiger partial charge in [-0.15, -0.1) is 0 Å². The fourth-order valence-electron chi connectivity index (χ4n) is 3.11. The van der Waals surface area contributed by atoms with E-state index in [0.717, 1.165) is 27.5 Å². The SMILES string of the molecule is N#C/C(=C\c1cn(CCC(N)=O)c2ccccc12)Sc1nc2ccccc2[nH]1. The summed E-state index contributed by atoms with van der Waals surface area (Å²) in [7, 11) is 0. The van der Waals surface area contributed by atoms with Crippen LogP contribution in [0.5, 0.6) is 0 Å². The minimum atomic E-state index is -0.340. The van der Waals surface area contributed by atoms with Crippen molar-refractivity contribution in [3.63, 3.8) is 0 Å². The molecule has 0 saturated carbocycles. The molecule has 2 aromatic heterocycles. The summed E-state index contributed by atoms with van der Waals surface area (Å²) in [4.78, 5) is 19.4. The van der Waals surface area contributed by atoms with Gasteiger partial charge in [0.1, 0.15) is 6.07 Å². The number of hydrogen-bond donors (Lipinski definition) is 2. The summed E-state index contributed by atoms with van der Waals surface area (Å²) >= 11 is 1.30. The number of H-pyrrole nitrogens is 1. The molecule has 138 valence electrons. The van der Waals surface area contributed by atoms with Crippen LogP contribution in [0.3, 0.4) is 0 Å². The van der Waals surface area contributed by atoms with Crippen LogP contribution in [0.1, 0.15) is 12.0 Å². The summed E-state index contributed by atoms with van der Waals surface area (Å²) < 4.78 is 1.99. The van der Waals surface area contributed by atoms with Crippen LogP contribution in [0.25, 0.3) is 28.0 Å². The topological polar surface area (TPSA) is 100 Å². The van der Waals surface area contributed by atoms with Gasteiger partial charge in [0.05, 0.1) is 15.9 Å². The number of fused-ring (bicyclic) bond motifs is 2. The van der Waals surface area contributed by atoms with Gasteiger partial charge in [-0.25, -0.2) is 4.98 Å². The van der Waals surface area contributed by atoms with E-state index < -0.39 is 0 Å². The number of carbonyl (C=O) groups excluding carboxylic acids is 1. The zero-order valence-electron chi connectivity index (χ0n) is 14.9. The van der Waals surface area contributed by atoms with E-state index in [1.165, 1.54) is 11.8 Å². The van der Waals surface area contributed by atoms with E-state index in [4.69, 9.17) is 5.73 Å². The lowest BCUT2D eigenvalue weighted by Crippen LogP contribution is -2.13. The Labute approximate surface area is 165 Å². The van der Waals surface area contributed by atoms with E-state index in [1.807, 2.05) is 65.4 Å². The van der Waals surface area contributed by atoms with Gasteiger partial charge in [-0.1, -0.05) is 30.3 Å². The number of amides is 1. The van der Waals surface area contributed by atoms with Crippen LogP contribution in [0.2, 0.25) is 0 Å². The molecule has 4 aromatic rings. The van der Waals surface area contributed by atoms with Crippen molar-refractivity contribution in [1.29, 1.82) is 5.26 Å². The van der Waals surface area contributed by atoms with E-state index in [-0.39, 0.29) is 12.3 Å². The molecule has 28 heavy (non-hydrogen) atoms. The van der Waals surface area contributed by atoms with Crippen LogP contribution in [0, 0.1) is 11.3 Å². The highest BCUT2D eigenvalue weighted by Crippen LogP contribution is 2.30. The molecule has 1 amide bonds. The van der Waals surface area contributed by atoms with Gasteiger partial charge in [0.2, 0.25) is 5.91 Å². The molecule has 0 bridgehead atoms. The van der Waals surface area contributed by atoms with E-state index >= 15 is 0 Å². The standard InChI is InChI=1S/C21H17N5OS/c22-12-15(28-21-24-17-6-2-3-7-18(17)25-21)11-14-13-26(10-9-20(23)27)19-8-4-1-5-16(14)19/h1-8,11,13H,9-10H2,(H2,23,27)(H,24,25)/b15-11+. The smallest absolute Gasteiger partial charge is 0.219 e. The van der Waals surface area contributed by atoms with Gasteiger partial charge < -0.3 is 15.3 Å². The zero-order valence-corrected chi connectivity index (χ0v) is 15.7. The fraction of sp³-hybridized carbons (Fsp3) is 0.0952. The van der Waals surface area contributed by atoms with Crippen LogP contribution in [0.4, 0.5) is 0 Å². The van der Waals surface area contributed by atoms with E-state index in [0.29, 0.717) is 16.6 Å². The maximum Gasteiger partial charge on any atom is 0.219 e. The summed E-state index contributed by atoms with van der Waals surface area (Å²) in [6.45, 7) is 0.502. The Kier molecular flexibility index (Phi) is 4.87. The first-order valence-electron chi connectivity index (χ1n) is 8.74. The third-order valence-electron chi connectivity index (χ3n) is 4.39. The van der Waals surface area contributed by atoms with Gasteiger partial charge in [-0.3, -0.25) is 4.79 Å². The van der Waals surface area contributed by atoms with Crippen LogP contribution < -0.4 is 5.73 Å². The Morgan fingerprint density at radius 1 is 1.25 bits per heavy atom. The molecule has 0 aliphatic rings. The van der Waals surface area contributed by atoms with Gasteiger partial charge in [0, 0.05) is 35.6 Å². The number of rotatable bonds is 6. The number of thioether (sulfide) groups is 1. The van der Waals surface area contributed by atoms with Crippen LogP contribution in [-0.2, 0) is 11.3 Å². The minimum Gasteiger partial charge on any atom is -0.370 e. The monoisotopic (exact) mass is 387 g/mol. The molecule has 0 spiro atoms. The predicted molar refractivity (Wildman–Crippen MR) is 111 cm³/mol. The van der Waals surface area contributed by atoms with Gasteiger partial charge in [-0.2, -0.15) is 5.26 Å². The molecule has 0 aliphatic carbocycles. The van der Waals surface area contributed by atoms with Crippen LogP contribution in [-0.4, -0.2) is 20.4 Å². The molecule has 7 heteroatoms. The summed E-state index contributed by atoms with van der Waals surface area (Å²) in [5, 5.41) is 11.3. The molecule has 6 nitrogen and oxygen atoms in total. The van der Waals surface area contributed by atoms with Crippen molar-refractivity contribution >= 4 is 45.7 Å². The molecule has 0 radical (unpaired) electrons. The molecular formula is C21H17N5OS. The molecule has 3 N–H and O–H groups in total. The number of nitriles is 1. The fourth-order valence-corrected chi connectivity index (χ4v) is 3.86. The normalized spacial score (nSPS) is 11.8. The number of nitrogens with zero attached hydrogens (tertiary/aromatic N) is 3. The lowest BCUT2D eigenvalue weighted by atomic mass is 10.1. The number of aromatic amines is 1. The average Bonchev–Trinajstić information content (AvgIpc) is 3.27. The number of primary amides is 1. The number of aromatic nitrogens is 3. The summed E-state index contributed by atoms with van der Waals surface area (Å²) in [6, 6.07) is 17.9. The molecule has 0 atom stereocenters. The number of para-hydroxylation sites is 3. The Balaban J connectivity index is 1.68. The van der Waals surface area contributed by atoms with Crippen LogP contribution in [0.15, 0.2) is 64.8 Å². The molecule has 2 heterocycles. The maximum atomic E-state index is 11.2. The van der Waals surface area contributed by atoms with Gasteiger partial charge in [-0.05, 0) is 36.0 Å². The van der Waals surface area contributed by atoms with Gasteiger partial charge in [0.25, 0.3) is 0 Å². The average molecular weight is 387 g/mol. The Morgan fingerprint density at radius 3 is 2.82 bits per heavy atom. The summed E-state index contributed by atoms with van der Waals surface area (Å²) in [5.41, 5.74) is 9.01. The molecular weight excluding hydrogens is 370 g/mol. The van der Waals surface area contributed by atoms with Crippen molar-refractivity contribution < 1.29 is 4.79 Å². The molecule has 2 aromatic carbocycles. The Hall–Kier alpha value is -3.50. The first kappa shape index (κ1) is 17.9. The van der Waals surface area contributed by atoms with Crippen molar-refractivity contribution in [2.45, 2.75) is 18.1 Å². The van der Waals surface area contributed by atoms with Crippen molar-refractivity contribution in [3.05, 3.63) is 65.2 Å². The molecule has 0 saturated heterocycles. The van der Waals surface area contributed by atoms with E-state index in [2.05, 4.69) is 16.0 Å². The molecule has 4 rings (SSSR count). The molecule has 0 unspecified atom stereocenters. The lowest BCUT2D eigenvalue weighted by molar-refractivity contribution is -0.118. The van der Waals surface area contributed by atoms with Gasteiger partial charge >= 0.3 is 0 Å². The predicted octanol–water partition coefficient (Wildman–Crippen LogP) is 4.05. The highest BCUT2D eigenvalue weighted by Gasteiger charge is 2.11. The summed E-state index contributed by atoms with van der Waals surface area (Å²) in [6.07, 6.45) is 4.06. The number of nitrogens with two attached hydrogens (primary N) is 1. The molecule has 0 aliphatic heterocycles. The van der Waals surface area contributed by atoms with Crippen molar-refractivity contribution in [2.75, 3.05) is 0 Å². The third kappa shape index (κ3) is 3.63. The highest BCUT2D eigenvalue weighted by molar-refractivity contribution is 8.03. The van der Waals surface area contributed by atoms with Crippen molar-refractivity contribution in [2.24, 2.45) is 5.73 Å². The number of nitrogens with one attached hydrogen (secondary N) is 1. The largest absolute Gasteiger partial charge is 0.370 e. The zero-order chi connectivity index (χ0) is 19.5. The number of aryl methyl sites for hydroxylation is 1. The number of hydrogen-bond acceptors (Lipinski definition) is 4. The Morgan fingerprint density at radius 2 is 2.04 bits per heavy atom. The first-order valence-corrected chi connectivity index (χ1v) is 9.56. The van der Waals surface area contributed by atoms with Gasteiger partial charge in [0.15, 0.2) is 5.16 Å². The second-order valence-corrected chi connectivity index (χ2v) is 7.32.